The molecule has 4 nitrogen and oxygen atoms in total. The second kappa shape index (κ2) is 2.93. The van der Waals surface area contributed by atoms with Crippen LogP contribution < -0.4 is 10.9 Å². The molecule has 1 aromatic rings. The highest BCUT2D eigenvalue weighted by Crippen LogP contribution is 2.06. The Morgan fingerprint density at radius 2 is 2.45 bits per heavy atom. The molecule has 0 spiro atoms. The standard InChI is InChI=1S/C6H10N3OP/c1-4-2-3-9(7)5(4)6(10)8-11/h2-3H,7,11H2,1H3,(H,8,10). The molecule has 1 aromatic heterocycles. The highest BCUT2D eigenvalue weighted by Gasteiger charge is 2.10. The second-order valence-electron chi connectivity index (χ2n) is 2.23. The number of amides is 1. The Morgan fingerprint density at radius 3 is 2.82 bits per heavy atom. The van der Waals surface area contributed by atoms with E-state index in [4.69, 9.17) is 5.84 Å². The van der Waals surface area contributed by atoms with Crippen molar-refractivity contribution in [3.63, 3.8) is 0 Å². The minimum absolute atomic E-state index is 0.194. The van der Waals surface area contributed by atoms with E-state index in [1.54, 1.807) is 12.3 Å². The topological polar surface area (TPSA) is 60.0 Å². The Balaban J connectivity index is 3.10. The Bertz CT molecular complexity index is 262. The molecule has 5 heteroatoms. The van der Waals surface area contributed by atoms with Gasteiger partial charge in [-0.15, -0.1) is 0 Å². The van der Waals surface area contributed by atoms with Crippen LogP contribution in [0.5, 0.6) is 0 Å². The van der Waals surface area contributed by atoms with Gasteiger partial charge in [-0.25, -0.2) is 0 Å². The summed E-state index contributed by atoms with van der Waals surface area (Å²) < 4.78 is 1.30. The molecule has 1 rings (SSSR count). The lowest BCUT2D eigenvalue weighted by Crippen LogP contribution is -2.22. The van der Waals surface area contributed by atoms with E-state index in [0.717, 1.165) is 5.56 Å². The van der Waals surface area contributed by atoms with Crippen LogP contribution in [0.4, 0.5) is 0 Å². The molecule has 1 heterocycles. The number of carbonyl (C=O) groups excluding carboxylic acids is 1. The van der Waals surface area contributed by atoms with Crippen molar-refractivity contribution in [2.45, 2.75) is 6.92 Å². The van der Waals surface area contributed by atoms with Gasteiger partial charge in [-0.2, -0.15) is 0 Å². The van der Waals surface area contributed by atoms with Crippen LogP contribution in [0.15, 0.2) is 12.3 Å². The highest BCUT2D eigenvalue weighted by molar-refractivity contribution is 7.15. The number of nitrogen functional groups attached to an aromatic ring is 1. The van der Waals surface area contributed by atoms with Gasteiger partial charge in [0.15, 0.2) is 0 Å². The summed E-state index contributed by atoms with van der Waals surface area (Å²) in [7, 11) is 2.14. The summed E-state index contributed by atoms with van der Waals surface area (Å²) in [6.07, 6.45) is 1.64. The quantitative estimate of drug-likeness (QED) is 0.462. The molecular formula is C6H10N3OP. The van der Waals surface area contributed by atoms with Crippen molar-refractivity contribution < 1.29 is 4.79 Å². The number of nitrogens with one attached hydrogen (secondary N) is 1. The maximum atomic E-state index is 11.1. The molecule has 0 radical (unpaired) electrons. The van der Waals surface area contributed by atoms with Gasteiger partial charge >= 0.3 is 0 Å². The predicted octanol–water partition coefficient (Wildman–Crippen LogP) is 0.0302. The fraction of sp³-hybridized carbons (Fsp3) is 0.167. The van der Waals surface area contributed by atoms with Crippen molar-refractivity contribution >= 4 is 15.3 Å². The van der Waals surface area contributed by atoms with E-state index in [2.05, 4.69) is 14.5 Å². The van der Waals surface area contributed by atoms with Crippen LogP contribution in [0.25, 0.3) is 0 Å². The lowest BCUT2D eigenvalue weighted by molar-refractivity contribution is 0.0976. The number of rotatable bonds is 1. The SMILES string of the molecule is Cc1ccn(N)c1C(=O)NP. The van der Waals surface area contributed by atoms with Gasteiger partial charge in [0.1, 0.15) is 5.69 Å². The van der Waals surface area contributed by atoms with E-state index in [9.17, 15) is 4.79 Å². The molecule has 3 N–H and O–H groups in total. The maximum absolute atomic E-state index is 11.1. The zero-order valence-corrected chi connectivity index (χ0v) is 7.32. The van der Waals surface area contributed by atoms with Gasteiger partial charge in [-0.1, -0.05) is 0 Å². The average Bonchev–Trinajstić information content (AvgIpc) is 2.30. The van der Waals surface area contributed by atoms with Crippen LogP contribution in [0, 0.1) is 6.92 Å². The molecule has 0 bridgehead atoms. The fourth-order valence-electron chi connectivity index (χ4n) is 0.914. The smallest absolute Gasteiger partial charge is 0.272 e. The Labute approximate surface area is 67.0 Å². The van der Waals surface area contributed by atoms with Crippen molar-refractivity contribution in [3.8, 4) is 0 Å². The lowest BCUT2D eigenvalue weighted by atomic mass is 10.3. The van der Waals surface area contributed by atoms with E-state index in [-0.39, 0.29) is 5.91 Å². The van der Waals surface area contributed by atoms with Gasteiger partial charge in [0.05, 0.1) is 0 Å². The molecule has 0 aromatic carbocycles. The van der Waals surface area contributed by atoms with Gasteiger partial charge in [0, 0.05) is 6.20 Å². The molecule has 0 aliphatic heterocycles. The van der Waals surface area contributed by atoms with E-state index in [1.807, 2.05) is 6.92 Å². The minimum atomic E-state index is -0.194. The number of hydrogen-bond donors (Lipinski definition) is 2. The molecular weight excluding hydrogens is 161 g/mol. The third-order valence-corrected chi connectivity index (χ3v) is 1.73. The maximum Gasteiger partial charge on any atom is 0.272 e. The van der Waals surface area contributed by atoms with Gasteiger partial charge < -0.3 is 10.9 Å². The molecule has 11 heavy (non-hydrogen) atoms. The summed E-state index contributed by atoms with van der Waals surface area (Å²) in [5.74, 6) is 5.27. The Hall–Kier alpha value is -1.02. The normalized spacial score (nSPS) is 9.64. The van der Waals surface area contributed by atoms with Gasteiger partial charge in [0.25, 0.3) is 5.91 Å². The number of aromatic nitrogens is 1. The summed E-state index contributed by atoms with van der Waals surface area (Å²) in [5, 5.41) is 2.43. The Kier molecular flexibility index (Phi) is 2.15. The third-order valence-electron chi connectivity index (χ3n) is 1.46. The number of hydrogen-bond acceptors (Lipinski definition) is 2. The second-order valence-corrected chi connectivity index (χ2v) is 2.52. The molecule has 1 amide bonds. The summed E-state index contributed by atoms with van der Waals surface area (Å²) in [6.45, 7) is 1.83. The van der Waals surface area contributed by atoms with Crippen molar-refractivity contribution in [2.75, 3.05) is 5.84 Å². The van der Waals surface area contributed by atoms with Crippen LogP contribution in [0.1, 0.15) is 16.1 Å². The van der Waals surface area contributed by atoms with Gasteiger partial charge in [-0.05, 0) is 27.9 Å². The van der Waals surface area contributed by atoms with Crippen molar-refractivity contribution in [1.82, 2.24) is 9.76 Å². The summed E-state index contributed by atoms with van der Waals surface area (Å²) in [4.78, 5) is 11.1. The monoisotopic (exact) mass is 171 g/mol. The lowest BCUT2D eigenvalue weighted by Gasteiger charge is -2.01. The number of carbonyl (C=O) groups is 1. The van der Waals surface area contributed by atoms with E-state index in [1.165, 1.54) is 4.68 Å². The predicted molar refractivity (Wildman–Crippen MR) is 46.5 cm³/mol. The summed E-state index contributed by atoms with van der Waals surface area (Å²) in [5.41, 5.74) is 1.35. The molecule has 0 aliphatic rings. The molecule has 0 fully saturated rings. The fourth-order valence-corrected chi connectivity index (χ4v) is 1.05. The molecule has 0 saturated heterocycles. The average molecular weight is 171 g/mol. The van der Waals surface area contributed by atoms with Crippen LogP contribution >= 0.6 is 9.39 Å². The van der Waals surface area contributed by atoms with E-state index >= 15 is 0 Å². The van der Waals surface area contributed by atoms with Crippen molar-refractivity contribution in [3.05, 3.63) is 23.5 Å². The molecule has 60 valence electrons. The Morgan fingerprint density at radius 1 is 1.82 bits per heavy atom. The number of nitrogens with zero attached hydrogens (tertiary/aromatic N) is 1. The molecule has 1 atom stereocenters. The number of aryl methyl sites for hydroxylation is 1. The van der Waals surface area contributed by atoms with E-state index in [0.29, 0.717) is 5.69 Å². The van der Waals surface area contributed by atoms with Crippen LogP contribution in [0.2, 0.25) is 0 Å². The molecule has 0 saturated carbocycles. The number of nitrogens with two attached hydrogens (primary N) is 1. The van der Waals surface area contributed by atoms with Crippen molar-refractivity contribution in [2.24, 2.45) is 0 Å². The van der Waals surface area contributed by atoms with Crippen LogP contribution in [-0.2, 0) is 0 Å². The summed E-state index contributed by atoms with van der Waals surface area (Å²) >= 11 is 0. The van der Waals surface area contributed by atoms with Crippen LogP contribution in [-0.4, -0.2) is 10.6 Å². The molecule has 0 aliphatic carbocycles. The summed E-state index contributed by atoms with van der Waals surface area (Å²) in [6, 6.07) is 1.79. The van der Waals surface area contributed by atoms with Gasteiger partial charge in [0.2, 0.25) is 0 Å². The first-order chi connectivity index (χ1) is 5.16. The first-order valence-electron chi connectivity index (χ1n) is 3.10. The zero-order valence-electron chi connectivity index (χ0n) is 6.16. The van der Waals surface area contributed by atoms with Crippen molar-refractivity contribution in [1.29, 1.82) is 0 Å². The highest BCUT2D eigenvalue weighted by atomic mass is 31.0. The van der Waals surface area contributed by atoms with Crippen LogP contribution in [0.3, 0.4) is 0 Å². The minimum Gasteiger partial charge on any atom is -0.339 e. The largest absolute Gasteiger partial charge is 0.339 e. The first kappa shape index (κ1) is 8.08. The first-order valence-corrected chi connectivity index (χ1v) is 3.68. The van der Waals surface area contributed by atoms with Gasteiger partial charge in [-0.3, -0.25) is 9.47 Å². The third kappa shape index (κ3) is 1.35. The molecule has 1 unspecified atom stereocenters. The zero-order chi connectivity index (χ0) is 8.43. The van der Waals surface area contributed by atoms with E-state index < -0.39 is 0 Å².